The highest BCUT2D eigenvalue weighted by Gasteiger charge is 2.37. The third-order valence-corrected chi connectivity index (χ3v) is 5.87. The van der Waals surface area contributed by atoms with Gasteiger partial charge in [-0.15, -0.1) is 0 Å². The minimum absolute atomic E-state index is 0.166. The number of aliphatic hydroxyl groups excluding tert-OH is 1. The van der Waals surface area contributed by atoms with E-state index in [-0.39, 0.29) is 11.9 Å². The molecule has 0 aromatic heterocycles. The van der Waals surface area contributed by atoms with Crippen LogP contribution in [-0.2, 0) is 11.2 Å². The highest BCUT2D eigenvalue weighted by atomic mass is 16.3. The van der Waals surface area contributed by atoms with Crippen LogP contribution in [0.4, 0.5) is 0 Å². The van der Waals surface area contributed by atoms with Crippen molar-refractivity contribution in [2.45, 2.75) is 58.1 Å². The Morgan fingerprint density at radius 3 is 2.72 bits per heavy atom. The van der Waals surface area contributed by atoms with E-state index < -0.39 is 6.10 Å². The monoisotopic (exact) mass is 344 g/mol. The molecule has 25 heavy (non-hydrogen) atoms. The first-order valence-electron chi connectivity index (χ1n) is 9.82. The maximum atomic E-state index is 12.9. The molecule has 0 saturated heterocycles. The predicted molar refractivity (Wildman–Crippen MR) is 100 cm³/mol. The molecule has 1 aromatic rings. The third kappa shape index (κ3) is 4.42. The van der Waals surface area contributed by atoms with Crippen molar-refractivity contribution in [2.24, 2.45) is 11.8 Å². The van der Waals surface area contributed by atoms with Crippen molar-refractivity contribution in [3.63, 3.8) is 0 Å². The fraction of sp³-hybridized carbons (Fsp3) is 0.667. The van der Waals surface area contributed by atoms with E-state index in [9.17, 15) is 9.90 Å². The lowest BCUT2D eigenvalue weighted by Crippen LogP contribution is -2.47. The summed E-state index contributed by atoms with van der Waals surface area (Å²) in [6.45, 7) is 5.66. The quantitative estimate of drug-likeness (QED) is 0.863. The second-order valence-electron chi connectivity index (χ2n) is 7.98. The molecule has 2 atom stereocenters. The first-order valence-corrected chi connectivity index (χ1v) is 9.82. The lowest BCUT2D eigenvalue weighted by atomic mass is 9.74. The molecule has 1 aliphatic carbocycles. The zero-order valence-corrected chi connectivity index (χ0v) is 15.6. The summed E-state index contributed by atoms with van der Waals surface area (Å²) in [5.74, 6) is 1.55. The van der Waals surface area contributed by atoms with Crippen molar-refractivity contribution < 1.29 is 9.90 Å². The molecule has 1 unspecified atom stereocenters. The van der Waals surface area contributed by atoms with Crippen molar-refractivity contribution in [1.82, 2.24) is 10.2 Å². The van der Waals surface area contributed by atoms with Crippen LogP contribution >= 0.6 is 0 Å². The second kappa shape index (κ2) is 8.33. The van der Waals surface area contributed by atoms with Gasteiger partial charge in [-0.05, 0) is 49.1 Å². The van der Waals surface area contributed by atoms with Crippen molar-refractivity contribution in [3.05, 3.63) is 35.4 Å². The fourth-order valence-corrected chi connectivity index (χ4v) is 4.48. The molecule has 0 bridgehead atoms. The molecule has 3 rings (SSSR count). The molecular formula is C21H32N2O2. The van der Waals surface area contributed by atoms with E-state index in [2.05, 4.69) is 41.4 Å². The Kier molecular flexibility index (Phi) is 6.13. The molecule has 1 heterocycles. The molecule has 1 aromatic carbocycles. The van der Waals surface area contributed by atoms with Gasteiger partial charge in [0, 0.05) is 13.1 Å². The van der Waals surface area contributed by atoms with Crippen molar-refractivity contribution in [3.8, 4) is 0 Å². The molecule has 138 valence electrons. The van der Waals surface area contributed by atoms with Crippen LogP contribution in [0.1, 0.15) is 56.7 Å². The van der Waals surface area contributed by atoms with Crippen molar-refractivity contribution in [1.29, 1.82) is 0 Å². The summed E-state index contributed by atoms with van der Waals surface area (Å²) in [6, 6.07) is 8.89. The highest BCUT2D eigenvalue weighted by molar-refractivity contribution is 5.79. The minimum atomic E-state index is -0.425. The summed E-state index contributed by atoms with van der Waals surface area (Å²) in [4.78, 5) is 15.0. The average molecular weight is 344 g/mol. The lowest BCUT2D eigenvalue weighted by molar-refractivity contribution is -0.135. The summed E-state index contributed by atoms with van der Waals surface area (Å²) in [5.41, 5.74) is 2.77. The number of aliphatic hydroxyl groups is 1. The molecule has 0 spiro atoms. The maximum Gasteiger partial charge on any atom is 0.237 e. The largest absolute Gasteiger partial charge is 0.392 e. The number of carbonyl (C=O) groups is 1. The van der Waals surface area contributed by atoms with E-state index in [4.69, 9.17) is 0 Å². The number of carbonyl (C=O) groups excluding carboxylic acids is 1. The van der Waals surface area contributed by atoms with E-state index in [0.29, 0.717) is 19.0 Å². The van der Waals surface area contributed by atoms with E-state index >= 15 is 0 Å². The Bertz CT molecular complexity index is 579. The van der Waals surface area contributed by atoms with Gasteiger partial charge in [0.1, 0.15) is 0 Å². The first kappa shape index (κ1) is 18.4. The lowest BCUT2D eigenvalue weighted by Gasteiger charge is -2.44. The number of nitrogens with zero attached hydrogens (tertiary/aromatic N) is 1. The Morgan fingerprint density at radius 1 is 1.28 bits per heavy atom. The minimum Gasteiger partial charge on any atom is -0.392 e. The first-order chi connectivity index (χ1) is 12.1. The molecule has 1 amide bonds. The zero-order chi connectivity index (χ0) is 17.8. The highest BCUT2D eigenvalue weighted by Crippen LogP contribution is 2.43. The summed E-state index contributed by atoms with van der Waals surface area (Å²) < 4.78 is 0. The molecule has 0 radical (unpaired) electrons. The van der Waals surface area contributed by atoms with Gasteiger partial charge in [0.25, 0.3) is 0 Å². The Labute approximate surface area is 151 Å². The third-order valence-electron chi connectivity index (χ3n) is 5.87. The van der Waals surface area contributed by atoms with Crippen LogP contribution in [-0.4, -0.2) is 41.7 Å². The normalized spacial score (nSPS) is 27.6. The van der Waals surface area contributed by atoms with Gasteiger partial charge in [0.2, 0.25) is 5.91 Å². The number of hydrogen-bond acceptors (Lipinski definition) is 3. The topological polar surface area (TPSA) is 52.6 Å². The summed E-state index contributed by atoms with van der Waals surface area (Å²) >= 11 is 0. The molecule has 2 N–H and O–H groups in total. The number of fused-ring (bicyclic) bond motifs is 1. The number of amides is 1. The Balaban J connectivity index is 1.77. The number of benzene rings is 1. The van der Waals surface area contributed by atoms with Gasteiger partial charge in [-0.25, -0.2) is 0 Å². The van der Waals surface area contributed by atoms with E-state index in [0.717, 1.165) is 18.9 Å². The molecule has 1 saturated carbocycles. The van der Waals surface area contributed by atoms with Gasteiger partial charge in [-0.3, -0.25) is 4.79 Å². The average Bonchev–Trinajstić information content (AvgIpc) is 2.61. The number of hydrogen-bond donors (Lipinski definition) is 2. The van der Waals surface area contributed by atoms with Gasteiger partial charge < -0.3 is 15.3 Å². The van der Waals surface area contributed by atoms with Gasteiger partial charge in [0.05, 0.1) is 18.7 Å². The van der Waals surface area contributed by atoms with Gasteiger partial charge in [0.15, 0.2) is 0 Å². The van der Waals surface area contributed by atoms with E-state index in [1.54, 1.807) is 6.92 Å². The maximum absolute atomic E-state index is 12.9. The van der Waals surface area contributed by atoms with Crippen LogP contribution in [0.15, 0.2) is 24.3 Å². The van der Waals surface area contributed by atoms with Crippen LogP contribution in [0, 0.1) is 11.8 Å². The van der Waals surface area contributed by atoms with Gasteiger partial charge >= 0.3 is 0 Å². The zero-order valence-electron chi connectivity index (χ0n) is 15.6. The summed E-state index contributed by atoms with van der Waals surface area (Å²) in [5, 5.41) is 12.5. The molecule has 2 aliphatic rings. The van der Waals surface area contributed by atoms with Crippen LogP contribution in [0.5, 0.6) is 0 Å². The van der Waals surface area contributed by atoms with Crippen LogP contribution in [0.25, 0.3) is 0 Å². The van der Waals surface area contributed by atoms with Crippen LogP contribution in [0.3, 0.4) is 0 Å². The van der Waals surface area contributed by atoms with Crippen LogP contribution < -0.4 is 5.32 Å². The summed E-state index contributed by atoms with van der Waals surface area (Å²) in [7, 11) is 0. The van der Waals surface area contributed by atoms with Crippen LogP contribution in [0.2, 0.25) is 0 Å². The number of nitrogens with one attached hydrogen (secondary N) is 1. The Hall–Kier alpha value is -1.39. The van der Waals surface area contributed by atoms with Crippen molar-refractivity contribution in [2.75, 3.05) is 19.6 Å². The smallest absolute Gasteiger partial charge is 0.237 e. The standard InChI is InChI=1S/C21H32N2O2/c1-15-7-9-18(10-8-15)21-19-6-4-3-5-17(19)11-12-23(21)20(25)14-22-13-16(2)24/h3-6,15-16,18,21-22,24H,7-14H2,1-2H3/t15?,16-,18?,21?/m1/s1. The molecule has 1 fully saturated rings. The molecule has 1 aliphatic heterocycles. The molecule has 4 heteroatoms. The molecule has 4 nitrogen and oxygen atoms in total. The molecular weight excluding hydrogens is 312 g/mol. The van der Waals surface area contributed by atoms with Gasteiger partial charge in [-0.2, -0.15) is 0 Å². The fourth-order valence-electron chi connectivity index (χ4n) is 4.48. The SMILES string of the molecule is CC1CCC(C2c3ccccc3CCN2C(=O)CNC[C@@H](C)O)CC1. The van der Waals surface area contributed by atoms with E-state index in [1.165, 1.54) is 36.8 Å². The van der Waals surface area contributed by atoms with Gasteiger partial charge in [-0.1, -0.05) is 44.0 Å². The van der Waals surface area contributed by atoms with E-state index in [1.807, 2.05) is 0 Å². The van der Waals surface area contributed by atoms with Crippen molar-refractivity contribution >= 4 is 5.91 Å². The number of rotatable bonds is 5. The second-order valence-corrected chi connectivity index (χ2v) is 7.98. The summed E-state index contributed by atoms with van der Waals surface area (Å²) in [6.07, 6.45) is 5.48. The predicted octanol–water partition coefficient (Wildman–Crippen LogP) is 2.91. The Morgan fingerprint density at radius 2 is 2.00 bits per heavy atom.